The molecule has 1 rings (SSSR count). The second-order valence-electron chi connectivity index (χ2n) is 6.44. The highest BCUT2D eigenvalue weighted by Crippen LogP contribution is 2.30. The summed E-state index contributed by atoms with van der Waals surface area (Å²) in [6, 6.07) is 5.91. The molecule has 0 aliphatic heterocycles. The van der Waals surface area contributed by atoms with Gasteiger partial charge in [-0.25, -0.2) is 4.79 Å². The molecule has 178 valence electrons. The minimum Gasteiger partial charge on any atom is -0.480 e. The van der Waals surface area contributed by atoms with Crippen molar-refractivity contribution >= 4 is 71.8 Å². The third kappa shape index (κ3) is 9.27. The Bertz CT molecular complexity index is 848. The summed E-state index contributed by atoms with van der Waals surface area (Å²) < 4.78 is 0. The first kappa shape index (κ1) is 31.6. The lowest BCUT2D eigenvalue weighted by Gasteiger charge is -2.38. The fraction of sp³-hybridized carbons (Fsp3) is 0.389. The summed E-state index contributed by atoms with van der Waals surface area (Å²) in [5, 5.41) is 39.3. The number of aliphatic carboxylic acids is 4. The molecule has 0 heterocycles. The monoisotopic (exact) mass is 511 g/mol. The average Bonchev–Trinajstić information content (AvgIpc) is 2.63. The fourth-order valence-electron chi connectivity index (χ4n) is 2.84. The molecule has 0 spiro atoms. The quantitative estimate of drug-likeness (QED) is 0.223. The molecule has 0 amide bonds. The Kier molecular flexibility index (Phi) is 14.3. The Labute approximate surface area is 201 Å². The standard InChI is InChI=1S/C18H21N3O8S.2ClH/c1-18(17(28)29,12-2-4-13(5-3-12)19-11-30)21(10-16(26)27)7-6-20(8-14(22)23)9-15(24)25;;/h2-5H,6-10H2,1H3,(H,22,23)(H,24,25)(H,26,27)(H,28,29);2*1H. The van der Waals surface area contributed by atoms with E-state index in [1.165, 1.54) is 31.2 Å². The second-order valence-corrected chi connectivity index (χ2v) is 6.62. The van der Waals surface area contributed by atoms with Gasteiger partial charge in [-0.2, -0.15) is 4.99 Å². The number of halogens is 2. The first-order chi connectivity index (χ1) is 14.0. The van der Waals surface area contributed by atoms with Crippen molar-refractivity contribution in [1.29, 1.82) is 0 Å². The largest absolute Gasteiger partial charge is 0.480 e. The molecule has 32 heavy (non-hydrogen) atoms. The van der Waals surface area contributed by atoms with Gasteiger partial charge in [0.2, 0.25) is 0 Å². The number of benzene rings is 1. The highest BCUT2D eigenvalue weighted by Gasteiger charge is 2.42. The molecule has 0 aliphatic carbocycles. The molecule has 0 radical (unpaired) electrons. The molecule has 1 atom stereocenters. The highest BCUT2D eigenvalue weighted by atomic mass is 35.5. The molecular formula is C18H23Cl2N3O8S. The van der Waals surface area contributed by atoms with Crippen LogP contribution in [0.5, 0.6) is 0 Å². The van der Waals surface area contributed by atoms with Gasteiger partial charge >= 0.3 is 23.9 Å². The Morgan fingerprint density at radius 2 is 1.38 bits per heavy atom. The van der Waals surface area contributed by atoms with Crippen molar-refractivity contribution in [3.63, 3.8) is 0 Å². The lowest BCUT2D eigenvalue weighted by molar-refractivity contribution is -0.155. The fourth-order valence-corrected chi connectivity index (χ4v) is 2.94. The summed E-state index contributed by atoms with van der Waals surface area (Å²) in [6.07, 6.45) is 0. The van der Waals surface area contributed by atoms with E-state index in [0.29, 0.717) is 5.69 Å². The van der Waals surface area contributed by atoms with Crippen LogP contribution in [0.1, 0.15) is 12.5 Å². The zero-order chi connectivity index (χ0) is 22.9. The van der Waals surface area contributed by atoms with E-state index < -0.39 is 49.1 Å². The molecule has 1 aromatic rings. The van der Waals surface area contributed by atoms with Crippen LogP contribution in [0.25, 0.3) is 0 Å². The van der Waals surface area contributed by atoms with Crippen LogP contribution in [0, 0.1) is 0 Å². The second kappa shape index (κ2) is 14.5. The molecule has 14 heteroatoms. The van der Waals surface area contributed by atoms with Crippen molar-refractivity contribution in [2.45, 2.75) is 12.5 Å². The summed E-state index contributed by atoms with van der Waals surface area (Å²) in [5.41, 5.74) is -1.11. The van der Waals surface area contributed by atoms with Crippen molar-refractivity contribution in [2.24, 2.45) is 4.99 Å². The predicted octanol–water partition coefficient (Wildman–Crippen LogP) is 1.42. The summed E-state index contributed by atoms with van der Waals surface area (Å²) in [5.74, 6) is -5.17. The molecule has 0 aliphatic rings. The molecule has 0 fully saturated rings. The Hall–Kier alpha value is -2.60. The summed E-state index contributed by atoms with van der Waals surface area (Å²) in [4.78, 5) is 51.5. The molecule has 0 saturated heterocycles. The van der Waals surface area contributed by atoms with Crippen molar-refractivity contribution in [3.05, 3.63) is 29.8 Å². The van der Waals surface area contributed by atoms with Crippen molar-refractivity contribution in [3.8, 4) is 0 Å². The lowest BCUT2D eigenvalue weighted by Crippen LogP contribution is -2.54. The average molecular weight is 512 g/mol. The molecule has 0 saturated carbocycles. The topological polar surface area (TPSA) is 168 Å². The molecule has 1 unspecified atom stereocenters. The number of thiocarbonyl (C=S) groups is 1. The van der Waals surface area contributed by atoms with Gasteiger partial charge in [0.1, 0.15) is 5.54 Å². The van der Waals surface area contributed by atoms with Gasteiger partial charge < -0.3 is 20.4 Å². The number of hydrogen-bond donors (Lipinski definition) is 4. The van der Waals surface area contributed by atoms with Gasteiger partial charge in [-0.3, -0.25) is 24.2 Å². The number of carboxylic acids is 4. The normalized spacial score (nSPS) is 12.0. The van der Waals surface area contributed by atoms with E-state index in [2.05, 4.69) is 22.4 Å². The number of carbonyl (C=O) groups is 4. The van der Waals surface area contributed by atoms with E-state index in [1.807, 2.05) is 0 Å². The summed E-state index contributed by atoms with van der Waals surface area (Å²) in [6.45, 7) is -0.939. The Morgan fingerprint density at radius 3 is 1.75 bits per heavy atom. The first-order valence-electron chi connectivity index (χ1n) is 8.55. The molecule has 11 nitrogen and oxygen atoms in total. The summed E-state index contributed by atoms with van der Waals surface area (Å²) >= 11 is 4.52. The van der Waals surface area contributed by atoms with E-state index in [0.717, 1.165) is 9.80 Å². The van der Waals surface area contributed by atoms with Gasteiger partial charge in [0.05, 0.1) is 30.5 Å². The smallest absolute Gasteiger partial charge is 0.328 e. The minimum atomic E-state index is -1.80. The van der Waals surface area contributed by atoms with Crippen molar-refractivity contribution in [2.75, 3.05) is 32.7 Å². The van der Waals surface area contributed by atoms with E-state index >= 15 is 0 Å². The van der Waals surface area contributed by atoms with Crippen LogP contribution in [0.15, 0.2) is 29.3 Å². The zero-order valence-corrected chi connectivity index (χ0v) is 19.3. The molecule has 0 bridgehead atoms. The minimum absolute atomic E-state index is 0. The lowest BCUT2D eigenvalue weighted by atomic mass is 9.89. The van der Waals surface area contributed by atoms with Gasteiger partial charge in [-0.05, 0) is 36.8 Å². The maximum absolute atomic E-state index is 12.2. The Balaban J connectivity index is 0. The maximum Gasteiger partial charge on any atom is 0.328 e. The molecular weight excluding hydrogens is 489 g/mol. The van der Waals surface area contributed by atoms with Gasteiger partial charge in [0.25, 0.3) is 0 Å². The number of isothiocyanates is 1. The van der Waals surface area contributed by atoms with Gasteiger partial charge in [0, 0.05) is 13.1 Å². The van der Waals surface area contributed by atoms with Crippen LogP contribution in [0.4, 0.5) is 5.69 Å². The van der Waals surface area contributed by atoms with Crippen LogP contribution < -0.4 is 0 Å². The third-order valence-electron chi connectivity index (χ3n) is 4.38. The van der Waals surface area contributed by atoms with Crippen LogP contribution in [0.3, 0.4) is 0 Å². The van der Waals surface area contributed by atoms with Crippen molar-refractivity contribution in [1.82, 2.24) is 9.80 Å². The van der Waals surface area contributed by atoms with E-state index in [1.54, 1.807) is 0 Å². The number of nitrogens with zero attached hydrogens (tertiary/aromatic N) is 3. The van der Waals surface area contributed by atoms with Crippen LogP contribution in [-0.2, 0) is 24.7 Å². The van der Waals surface area contributed by atoms with Crippen LogP contribution >= 0.6 is 37.0 Å². The number of carboxylic acid groups (broad SMARTS) is 4. The number of aliphatic imine (C=N–C) groups is 1. The van der Waals surface area contributed by atoms with Crippen LogP contribution in [0.2, 0.25) is 0 Å². The van der Waals surface area contributed by atoms with Crippen LogP contribution in [-0.4, -0.2) is 92.0 Å². The molecule has 1 aromatic carbocycles. The number of hydrogen-bond acceptors (Lipinski definition) is 8. The van der Waals surface area contributed by atoms with Crippen molar-refractivity contribution < 1.29 is 39.6 Å². The molecule has 4 N–H and O–H groups in total. The maximum atomic E-state index is 12.2. The Morgan fingerprint density at radius 1 is 0.906 bits per heavy atom. The first-order valence-corrected chi connectivity index (χ1v) is 8.96. The van der Waals surface area contributed by atoms with E-state index in [-0.39, 0.29) is 43.5 Å². The third-order valence-corrected chi connectivity index (χ3v) is 4.47. The van der Waals surface area contributed by atoms with E-state index in [9.17, 15) is 29.4 Å². The van der Waals surface area contributed by atoms with E-state index in [4.69, 9.17) is 10.2 Å². The molecule has 0 aromatic heterocycles. The van der Waals surface area contributed by atoms with Gasteiger partial charge in [-0.15, -0.1) is 24.8 Å². The SMILES string of the molecule is CC(C(=O)O)(c1ccc(N=C=S)cc1)N(CCN(CC(=O)O)CC(=O)O)CC(=O)O.Cl.Cl. The zero-order valence-electron chi connectivity index (χ0n) is 16.8. The summed E-state index contributed by atoms with van der Waals surface area (Å²) in [7, 11) is 0. The highest BCUT2D eigenvalue weighted by molar-refractivity contribution is 7.78. The van der Waals surface area contributed by atoms with Gasteiger partial charge in [-0.1, -0.05) is 12.1 Å². The number of rotatable bonds is 13. The van der Waals surface area contributed by atoms with Gasteiger partial charge in [0.15, 0.2) is 0 Å². The predicted molar refractivity (Wildman–Crippen MR) is 122 cm³/mol.